The minimum absolute atomic E-state index is 0.0210. The molecule has 3 heterocycles. The van der Waals surface area contributed by atoms with Crippen LogP contribution in [0, 0.1) is 11.8 Å². The number of aromatic nitrogens is 1. The average molecular weight is 493 g/mol. The number of nitrogens with one attached hydrogen (secondary N) is 1. The van der Waals surface area contributed by atoms with E-state index in [0.29, 0.717) is 30.1 Å². The number of sulfonamides is 1. The maximum atomic E-state index is 13.1. The number of amides is 1. The number of anilines is 1. The highest BCUT2D eigenvalue weighted by molar-refractivity contribution is 7.89. The number of carbonyl (C=O) groups excluding carboxylic acids is 1. The number of rotatable bonds is 7. The van der Waals surface area contributed by atoms with Crippen LogP contribution in [0.25, 0.3) is 0 Å². The molecule has 8 nitrogen and oxygen atoms in total. The summed E-state index contributed by atoms with van der Waals surface area (Å²) in [6, 6.07) is 4.50. The molecule has 33 heavy (non-hydrogen) atoms. The predicted octanol–water partition coefficient (Wildman–Crippen LogP) is 3.67. The lowest BCUT2D eigenvalue weighted by atomic mass is 9.92. The number of methoxy groups -OCH3 is 1. The molecule has 1 N–H and O–H groups in total. The van der Waals surface area contributed by atoms with Crippen molar-refractivity contribution in [1.29, 1.82) is 0 Å². The second-order valence-corrected chi connectivity index (χ2v) is 12.0. The van der Waals surface area contributed by atoms with Gasteiger partial charge in [-0.15, -0.1) is 11.3 Å². The number of piperidine rings is 1. The van der Waals surface area contributed by atoms with Crippen LogP contribution in [-0.4, -0.2) is 61.8 Å². The third-order valence-electron chi connectivity index (χ3n) is 6.21. The summed E-state index contributed by atoms with van der Waals surface area (Å²) < 4.78 is 32.9. The molecular weight excluding hydrogens is 460 g/mol. The van der Waals surface area contributed by atoms with Gasteiger partial charge in [-0.1, -0.05) is 13.8 Å². The lowest BCUT2D eigenvalue weighted by Crippen LogP contribution is -2.38. The quantitative estimate of drug-likeness (QED) is 0.634. The maximum absolute atomic E-state index is 13.1. The van der Waals surface area contributed by atoms with Crippen LogP contribution in [0.2, 0.25) is 0 Å². The van der Waals surface area contributed by atoms with Crippen molar-refractivity contribution < 1.29 is 17.9 Å². The Bertz CT molecular complexity index is 1090. The largest absolute Gasteiger partial charge is 0.495 e. The topological polar surface area (TPSA) is 91.8 Å². The van der Waals surface area contributed by atoms with Crippen molar-refractivity contribution in [1.82, 2.24) is 14.2 Å². The lowest BCUT2D eigenvalue weighted by molar-refractivity contribution is 0.102. The zero-order valence-corrected chi connectivity index (χ0v) is 21.0. The molecule has 2 unspecified atom stereocenters. The van der Waals surface area contributed by atoms with E-state index in [-0.39, 0.29) is 16.2 Å². The van der Waals surface area contributed by atoms with Gasteiger partial charge in [0, 0.05) is 43.7 Å². The van der Waals surface area contributed by atoms with Gasteiger partial charge in [-0.2, -0.15) is 4.31 Å². The molecule has 4 rings (SSSR count). The molecule has 0 bridgehead atoms. The molecule has 180 valence electrons. The van der Waals surface area contributed by atoms with Gasteiger partial charge < -0.3 is 4.74 Å². The molecule has 2 atom stereocenters. The van der Waals surface area contributed by atoms with Crippen molar-refractivity contribution in [3.8, 4) is 5.75 Å². The lowest BCUT2D eigenvalue weighted by Gasteiger charge is -2.34. The molecule has 1 amide bonds. The molecule has 0 spiro atoms. The highest BCUT2D eigenvalue weighted by Crippen LogP contribution is 2.30. The second kappa shape index (κ2) is 10.1. The van der Waals surface area contributed by atoms with Gasteiger partial charge in [-0.3, -0.25) is 15.0 Å². The summed E-state index contributed by atoms with van der Waals surface area (Å²) in [6.45, 7) is 8.41. The zero-order chi connectivity index (χ0) is 23.6. The third kappa shape index (κ3) is 5.56. The molecule has 10 heteroatoms. The number of nitrogens with zero attached hydrogens (tertiary/aromatic N) is 3. The zero-order valence-electron chi connectivity index (χ0n) is 19.4. The summed E-state index contributed by atoms with van der Waals surface area (Å²) in [5.74, 6) is 1.19. The SMILES string of the molecule is COc1ccc(C(=O)Nc2nc(CN3CC(C)CC(C)C3)cs2)cc1S(=O)(=O)N1CCCC1. The Labute approximate surface area is 200 Å². The number of carbonyl (C=O) groups is 1. The number of hydrogen-bond donors (Lipinski definition) is 1. The van der Waals surface area contributed by atoms with Crippen LogP contribution in [0.1, 0.15) is 49.2 Å². The first kappa shape index (κ1) is 24.1. The number of ether oxygens (including phenoxy) is 1. The van der Waals surface area contributed by atoms with E-state index >= 15 is 0 Å². The number of hydrogen-bond acceptors (Lipinski definition) is 7. The molecule has 2 fully saturated rings. The summed E-state index contributed by atoms with van der Waals surface area (Å²) in [6.07, 6.45) is 2.93. The van der Waals surface area contributed by atoms with Gasteiger partial charge in [-0.05, 0) is 49.3 Å². The van der Waals surface area contributed by atoms with E-state index in [1.165, 1.54) is 41.3 Å². The molecule has 1 aromatic heterocycles. The smallest absolute Gasteiger partial charge is 0.257 e. The highest BCUT2D eigenvalue weighted by Gasteiger charge is 2.31. The Hall–Kier alpha value is -2.01. The first-order valence-electron chi connectivity index (χ1n) is 11.4. The second-order valence-electron chi connectivity index (χ2n) is 9.22. The van der Waals surface area contributed by atoms with Gasteiger partial charge in [0.2, 0.25) is 10.0 Å². The van der Waals surface area contributed by atoms with Crippen molar-refractivity contribution >= 4 is 32.4 Å². The molecule has 0 radical (unpaired) electrons. The summed E-state index contributed by atoms with van der Waals surface area (Å²) in [5.41, 5.74) is 1.19. The van der Waals surface area contributed by atoms with Crippen molar-refractivity contribution in [2.45, 2.75) is 44.6 Å². The maximum Gasteiger partial charge on any atom is 0.257 e. The molecule has 2 aliphatic heterocycles. The Morgan fingerprint density at radius 3 is 2.58 bits per heavy atom. The minimum atomic E-state index is -3.72. The minimum Gasteiger partial charge on any atom is -0.495 e. The Morgan fingerprint density at radius 1 is 1.21 bits per heavy atom. The van der Waals surface area contributed by atoms with Crippen LogP contribution in [0.15, 0.2) is 28.5 Å². The standard InChI is InChI=1S/C23H32N4O4S2/c1-16-10-17(2)13-26(12-16)14-19-15-32-23(24-19)25-22(28)18-6-7-20(31-3)21(11-18)33(29,30)27-8-4-5-9-27/h6-7,11,15-17H,4-5,8-10,12-14H2,1-3H3,(H,24,25,28). The van der Waals surface area contributed by atoms with E-state index in [1.54, 1.807) is 6.07 Å². The fraction of sp³-hybridized carbons (Fsp3) is 0.565. The van der Waals surface area contributed by atoms with Gasteiger partial charge in [0.05, 0.1) is 12.8 Å². The number of benzene rings is 1. The van der Waals surface area contributed by atoms with Crippen LogP contribution in [0.4, 0.5) is 5.13 Å². The first-order valence-corrected chi connectivity index (χ1v) is 13.7. The van der Waals surface area contributed by atoms with E-state index in [2.05, 4.69) is 29.0 Å². The number of thiazole rings is 1. The molecular formula is C23H32N4O4S2. The highest BCUT2D eigenvalue weighted by atomic mass is 32.2. The molecule has 1 aromatic carbocycles. The Kier molecular flexibility index (Phi) is 7.37. The van der Waals surface area contributed by atoms with E-state index in [0.717, 1.165) is 38.2 Å². The van der Waals surface area contributed by atoms with E-state index < -0.39 is 15.9 Å². The normalized spacial score (nSPS) is 22.4. The van der Waals surface area contributed by atoms with E-state index in [1.807, 2.05) is 5.38 Å². The van der Waals surface area contributed by atoms with E-state index in [9.17, 15) is 13.2 Å². The molecule has 2 saturated heterocycles. The van der Waals surface area contributed by atoms with Gasteiger partial charge >= 0.3 is 0 Å². The fourth-order valence-corrected chi connectivity index (χ4v) is 7.24. The summed E-state index contributed by atoms with van der Waals surface area (Å²) in [7, 11) is -2.29. The first-order chi connectivity index (χ1) is 15.8. The van der Waals surface area contributed by atoms with Gasteiger partial charge in [-0.25, -0.2) is 13.4 Å². The van der Waals surface area contributed by atoms with Gasteiger partial charge in [0.25, 0.3) is 5.91 Å². The van der Waals surface area contributed by atoms with Crippen LogP contribution >= 0.6 is 11.3 Å². The van der Waals surface area contributed by atoms with Crippen molar-refractivity contribution in [2.24, 2.45) is 11.8 Å². The summed E-state index contributed by atoms with van der Waals surface area (Å²) in [4.78, 5) is 19.9. The molecule has 2 aliphatic rings. The van der Waals surface area contributed by atoms with E-state index in [4.69, 9.17) is 4.74 Å². The van der Waals surface area contributed by atoms with Crippen LogP contribution in [0.5, 0.6) is 5.75 Å². The van der Waals surface area contributed by atoms with Gasteiger partial charge in [0.15, 0.2) is 5.13 Å². The van der Waals surface area contributed by atoms with Gasteiger partial charge in [0.1, 0.15) is 10.6 Å². The predicted molar refractivity (Wildman–Crippen MR) is 129 cm³/mol. The van der Waals surface area contributed by atoms with Crippen molar-refractivity contribution in [3.63, 3.8) is 0 Å². The third-order valence-corrected chi connectivity index (χ3v) is 8.94. The average Bonchev–Trinajstić information content (AvgIpc) is 3.45. The van der Waals surface area contributed by atoms with Crippen molar-refractivity contribution in [2.75, 3.05) is 38.6 Å². The van der Waals surface area contributed by atoms with Crippen molar-refractivity contribution in [3.05, 3.63) is 34.8 Å². The van der Waals surface area contributed by atoms with Crippen LogP contribution in [-0.2, 0) is 16.6 Å². The monoisotopic (exact) mass is 492 g/mol. The summed E-state index contributed by atoms with van der Waals surface area (Å²) >= 11 is 1.38. The number of likely N-dealkylation sites (tertiary alicyclic amines) is 1. The van der Waals surface area contributed by atoms with Crippen LogP contribution < -0.4 is 10.1 Å². The fourth-order valence-electron chi connectivity index (χ4n) is 4.84. The summed E-state index contributed by atoms with van der Waals surface area (Å²) in [5, 5.41) is 5.30. The molecule has 2 aromatic rings. The molecule has 0 saturated carbocycles. The van der Waals surface area contributed by atoms with Crippen LogP contribution in [0.3, 0.4) is 0 Å². The Balaban J connectivity index is 1.47. The molecule has 0 aliphatic carbocycles. The Morgan fingerprint density at radius 2 is 1.91 bits per heavy atom.